The van der Waals surface area contributed by atoms with Crippen LogP contribution < -0.4 is 5.32 Å². The first-order valence-corrected chi connectivity index (χ1v) is 11.8. The predicted molar refractivity (Wildman–Crippen MR) is 139 cm³/mol. The van der Waals surface area contributed by atoms with Gasteiger partial charge in [-0.2, -0.15) is 0 Å². The number of benzene rings is 2. The SMILES string of the molecule is CC(=O)[C@H](CC(C)C)N(C)C(=O)CN(C)C(=O)[C@H](Cc1ccccc1)NC=O.Cc1ccccc1. The first-order valence-electron chi connectivity index (χ1n) is 11.8. The number of carbonyl (C=O) groups is 4. The molecule has 35 heavy (non-hydrogen) atoms. The molecule has 0 unspecified atom stereocenters. The first-order chi connectivity index (χ1) is 16.6. The largest absolute Gasteiger partial charge is 0.347 e. The molecule has 2 aromatic rings. The van der Waals surface area contributed by atoms with Gasteiger partial charge in [0.2, 0.25) is 18.2 Å². The second-order valence-electron chi connectivity index (χ2n) is 9.14. The van der Waals surface area contributed by atoms with Crippen molar-refractivity contribution in [2.75, 3.05) is 20.6 Å². The number of nitrogens with zero attached hydrogens (tertiary/aromatic N) is 2. The zero-order valence-corrected chi connectivity index (χ0v) is 21.7. The highest BCUT2D eigenvalue weighted by atomic mass is 16.2. The number of nitrogens with one attached hydrogen (secondary N) is 1. The highest BCUT2D eigenvalue weighted by Gasteiger charge is 2.28. The van der Waals surface area contributed by atoms with Crippen LogP contribution in [0.2, 0.25) is 0 Å². The maximum atomic E-state index is 12.7. The quantitative estimate of drug-likeness (QED) is 0.499. The van der Waals surface area contributed by atoms with Crippen LogP contribution in [-0.2, 0) is 25.6 Å². The molecule has 0 saturated carbocycles. The Morgan fingerprint density at radius 2 is 1.49 bits per heavy atom. The van der Waals surface area contributed by atoms with Crippen molar-refractivity contribution >= 4 is 24.0 Å². The normalized spacial score (nSPS) is 12.0. The second-order valence-corrected chi connectivity index (χ2v) is 9.14. The lowest BCUT2D eigenvalue weighted by Crippen LogP contribution is -2.51. The molecule has 0 aliphatic carbocycles. The van der Waals surface area contributed by atoms with Crippen molar-refractivity contribution < 1.29 is 19.2 Å². The van der Waals surface area contributed by atoms with E-state index in [0.717, 1.165) is 5.56 Å². The number of amides is 3. The second kappa shape index (κ2) is 15.4. The standard InChI is InChI=1S/C21H31N3O4.C7H8/c1-15(2)11-19(16(3)26)24(5)20(27)13-23(4)21(28)18(22-14-25)12-17-9-7-6-8-10-17;1-7-5-3-2-4-6-7/h6-10,14-15,18-19H,11-13H2,1-5H3,(H,22,25);2-6H,1H3/t18-,19-;/m0./s1. The Morgan fingerprint density at radius 3 is 1.91 bits per heavy atom. The Balaban J connectivity index is 0.000000744. The molecule has 7 heteroatoms. The van der Waals surface area contributed by atoms with Gasteiger partial charge in [0.15, 0.2) is 5.78 Å². The number of aryl methyl sites for hydroxylation is 1. The van der Waals surface area contributed by atoms with Gasteiger partial charge in [0, 0.05) is 20.5 Å². The molecule has 0 aliphatic rings. The van der Waals surface area contributed by atoms with Crippen molar-refractivity contribution in [1.82, 2.24) is 15.1 Å². The van der Waals surface area contributed by atoms with Crippen LogP contribution in [0.1, 0.15) is 38.3 Å². The fraction of sp³-hybridized carbons (Fsp3) is 0.429. The maximum Gasteiger partial charge on any atom is 0.245 e. The Kier molecular flexibility index (Phi) is 13.0. The van der Waals surface area contributed by atoms with Gasteiger partial charge in [-0.3, -0.25) is 19.2 Å². The van der Waals surface area contributed by atoms with Gasteiger partial charge in [-0.05, 0) is 31.7 Å². The minimum absolute atomic E-state index is 0.0805. The summed E-state index contributed by atoms with van der Waals surface area (Å²) in [5, 5.41) is 2.53. The summed E-state index contributed by atoms with van der Waals surface area (Å²) < 4.78 is 0. The molecule has 0 bridgehead atoms. The molecule has 3 amide bonds. The van der Waals surface area contributed by atoms with Crippen LogP contribution in [0.25, 0.3) is 0 Å². The summed E-state index contributed by atoms with van der Waals surface area (Å²) in [4.78, 5) is 50.9. The van der Waals surface area contributed by atoms with E-state index in [1.165, 1.54) is 29.3 Å². The monoisotopic (exact) mass is 481 g/mol. The number of carbonyl (C=O) groups excluding carboxylic acids is 4. The average Bonchev–Trinajstić information content (AvgIpc) is 2.82. The predicted octanol–water partition coefficient (Wildman–Crippen LogP) is 3.26. The molecule has 1 N–H and O–H groups in total. The van der Waals surface area contributed by atoms with Crippen LogP contribution in [-0.4, -0.2) is 66.5 Å². The Morgan fingerprint density at radius 1 is 0.943 bits per heavy atom. The Hall–Kier alpha value is -3.48. The molecule has 0 heterocycles. The van der Waals surface area contributed by atoms with Crippen LogP contribution in [0.5, 0.6) is 0 Å². The minimum Gasteiger partial charge on any atom is -0.347 e. The van der Waals surface area contributed by atoms with E-state index in [2.05, 4.69) is 24.4 Å². The van der Waals surface area contributed by atoms with Gasteiger partial charge in [-0.15, -0.1) is 0 Å². The van der Waals surface area contributed by atoms with Gasteiger partial charge in [0.25, 0.3) is 0 Å². The first kappa shape index (κ1) is 29.6. The molecule has 0 spiro atoms. The molecule has 2 rings (SSSR count). The summed E-state index contributed by atoms with van der Waals surface area (Å²) in [6.07, 6.45) is 1.39. The molecular formula is C28H39N3O4. The molecule has 2 atom stereocenters. The van der Waals surface area contributed by atoms with Crippen molar-refractivity contribution in [1.29, 1.82) is 0 Å². The van der Waals surface area contributed by atoms with E-state index in [4.69, 9.17) is 0 Å². The molecule has 0 saturated heterocycles. The van der Waals surface area contributed by atoms with Crippen LogP contribution in [0.3, 0.4) is 0 Å². The minimum atomic E-state index is -0.762. The van der Waals surface area contributed by atoms with Gasteiger partial charge >= 0.3 is 0 Å². The highest BCUT2D eigenvalue weighted by Crippen LogP contribution is 2.12. The third kappa shape index (κ3) is 11.0. The van der Waals surface area contributed by atoms with E-state index < -0.39 is 12.1 Å². The summed E-state index contributed by atoms with van der Waals surface area (Å²) in [5.41, 5.74) is 2.23. The average molecular weight is 482 g/mol. The van der Waals surface area contributed by atoms with E-state index in [1.54, 1.807) is 7.05 Å². The van der Waals surface area contributed by atoms with Crippen LogP contribution in [0.15, 0.2) is 60.7 Å². The number of ketones is 1. The van der Waals surface area contributed by atoms with Crippen molar-refractivity contribution in [2.45, 2.75) is 52.6 Å². The molecule has 0 radical (unpaired) electrons. The third-order valence-electron chi connectivity index (χ3n) is 5.56. The number of rotatable bonds is 11. The van der Waals surface area contributed by atoms with Crippen molar-refractivity contribution in [3.8, 4) is 0 Å². The molecule has 0 fully saturated rings. The molecular weight excluding hydrogens is 442 g/mol. The van der Waals surface area contributed by atoms with Crippen molar-refractivity contribution in [2.24, 2.45) is 5.92 Å². The zero-order valence-electron chi connectivity index (χ0n) is 21.7. The van der Waals surface area contributed by atoms with Crippen LogP contribution in [0, 0.1) is 12.8 Å². The number of likely N-dealkylation sites (N-methyl/N-ethyl adjacent to an activating group) is 2. The lowest BCUT2D eigenvalue weighted by atomic mass is 9.99. The number of Topliss-reactive ketones (excluding diaryl/α,β-unsaturated/α-hetero) is 1. The molecule has 0 aromatic heterocycles. The van der Waals surface area contributed by atoms with E-state index in [0.29, 0.717) is 19.3 Å². The highest BCUT2D eigenvalue weighted by molar-refractivity contribution is 5.91. The fourth-order valence-corrected chi connectivity index (χ4v) is 3.56. The summed E-state index contributed by atoms with van der Waals surface area (Å²) in [5.74, 6) is -0.499. The van der Waals surface area contributed by atoms with Gasteiger partial charge in [-0.1, -0.05) is 80.1 Å². The Labute approximate surface area is 209 Å². The van der Waals surface area contributed by atoms with Gasteiger partial charge in [0.1, 0.15) is 6.04 Å². The molecule has 0 aliphatic heterocycles. The van der Waals surface area contributed by atoms with Gasteiger partial charge < -0.3 is 15.1 Å². The van der Waals surface area contributed by atoms with E-state index in [-0.39, 0.29) is 30.1 Å². The Bertz CT molecular complexity index is 932. The maximum absolute atomic E-state index is 12.7. The number of hydrogen-bond acceptors (Lipinski definition) is 4. The molecule has 190 valence electrons. The summed E-state index contributed by atoms with van der Waals surface area (Å²) in [7, 11) is 3.10. The summed E-state index contributed by atoms with van der Waals surface area (Å²) in [6.45, 7) is 7.37. The van der Waals surface area contributed by atoms with E-state index in [9.17, 15) is 19.2 Å². The van der Waals surface area contributed by atoms with Crippen LogP contribution in [0.4, 0.5) is 0 Å². The summed E-state index contributed by atoms with van der Waals surface area (Å²) in [6, 6.07) is 18.3. The summed E-state index contributed by atoms with van der Waals surface area (Å²) >= 11 is 0. The lowest BCUT2D eigenvalue weighted by Gasteiger charge is -2.30. The van der Waals surface area contributed by atoms with Crippen LogP contribution >= 0.6 is 0 Å². The van der Waals surface area contributed by atoms with Crippen molar-refractivity contribution in [3.05, 3.63) is 71.8 Å². The van der Waals surface area contributed by atoms with Gasteiger partial charge in [-0.25, -0.2) is 0 Å². The van der Waals surface area contributed by atoms with E-state index >= 15 is 0 Å². The van der Waals surface area contributed by atoms with Crippen molar-refractivity contribution in [3.63, 3.8) is 0 Å². The smallest absolute Gasteiger partial charge is 0.245 e. The number of hydrogen-bond donors (Lipinski definition) is 1. The fourth-order valence-electron chi connectivity index (χ4n) is 3.56. The topological polar surface area (TPSA) is 86.8 Å². The lowest BCUT2D eigenvalue weighted by molar-refractivity contribution is -0.143. The molecule has 7 nitrogen and oxygen atoms in total. The molecule has 2 aromatic carbocycles. The third-order valence-corrected chi connectivity index (χ3v) is 5.56. The zero-order chi connectivity index (χ0) is 26.4. The van der Waals surface area contributed by atoms with E-state index in [1.807, 2.05) is 62.4 Å². The van der Waals surface area contributed by atoms with Gasteiger partial charge in [0.05, 0.1) is 12.6 Å².